The molecular formula is C34H35N5O5. The third kappa shape index (κ3) is 6.97. The number of piperazine rings is 1. The number of hydrogen-bond donors (Lipinski definition) is 2. The van der Waals surface area contributed by atoms with Gasteiger partial charge in [-0.05, 0) is 55.3 Å². The minimum atomic E-state index is -0.508. The number of methoxy groups -OCH3 is 1. The smallest absolute Gasteiger partial charge is 0.273 e. The van der Waals surface area contributed by atoms with Gasteiger partial charge in [0.25, 0.3) is 17.5 Å². The highest BCUT2D eigenvalue weighted by Gasteiger charge is 2.24. The third-order valence-electron chi connectivity index (χ3n) is 7.76. The van der Waals surface area contributed by atoms with Crippen molar-refractivity contribution in [3.05, 3.63) is 123 Å². The number of benzene rings is 4. The van der Waals surface area contributed by atoms with Crippen molar-refractivity contribution in [3.8, 4) is 5.75 Å². The van der Waals surface area contributed by atoms with Crippen LogP contribution in [-0.4, -0.2) is 56.6 Å². The number of aryl methyl sites for hydroxylation is 1. The molecular weight excluding hydrogens is 558 g/mol. The minimum absolute atomic E-state index is 0.126. The number of ether oxygens (including phenoxy) is 1. The van der Waals surface area contributed by atoms with Gasteiger partial charge in [-0.15, -0.1) is 0 Å². The molecule has 2 amide bonds. The maximum Gasteiger partial charge on any atom is 0.273 e. The Morgan fingerprint density at radius 2 is 1.52 bits per heavy atom. The topological polar surface area (TPSA) is 117 Å². The first-order chi connectivity index (χ1) is 21.3. The molecule has 10 nitrogen and oxygen atoms in total. The lowest BCUT2D eigenvalue weighted by Gasteiger charge is -2.38. The SMILES string of the molecule is COc1ccccc1N1CCN(c2ccc(NC(=O)c3ccc(C)c([N+](=O)[O-])c3)cc2C(=O)NCCc2ccccc2)CC1. The summed E-state index contributed by atoms with van der Waals surface area (Å²) < 4.78 is 5.55. The number of nitro benzene ring substituents is 1. The maximum absolute atomic E-state index is 13.6. The predicted molar refractivity (Wildman–Crippen MR) is 172 cm³/mol. The lowest BCUT2D eigenvalue weighted by atomic mass is 10.1. The van der Waals surface area contributed by atoms with E-state index in [2.05, 4.69) is 20.4 Å². The Hall–Kier alpha value is -5.38. The molecule has 226 valence electrons. The number of nitrogens with one attached hydrogen (secondary N) is 2. The van der Waals surface area contributed by atoms with Crippen molar-refractivity contribution in [2.75, 3.05) is 55.0 Å². The maximum atomic E-state index is 13.6. The van der Waals surface area contributed by atoms with Gasteiger partial charge in [-0.3, -0.25) is 19.7 Å². The summed E-state index contributed by atoms with van der Waals surface area (Å²) in [6.45, 7) is 4.91. The average molecular weight is 594 g/mol. The van der Waals surface area contributed by atoms with Crippen LogP contribution in [0, 0.1) is 17.0 Å². The molecule has 0 aliphatic carbocycles. The molecule has 44 heavy (non-hydrogen) atoms. The van der Waals surface area contributed by atoms with Crippen LogP contribution in [0.2, 0.25) is 0 Å². The fourth-order valence-electron chi connectivity index (χ4n) is 5.36. The van der Waals surface area contributed by atoms with E-state index in [-0.39, 0.29) is 17.2 Å². The Balaban J connectivity index is 1.36. The molecule has 0 atom stereocenters. The number of nitro groups is 1. The Bertz CT molecular complexity index is 1650. The number of hydrogen-bond acceptors (Lipinski definition) is 7. The molecule has 0 radical (unpaired) electrons. The van der Waals surface area contributed by atoms with E-state index >= 15 is 0 Å². The van der Waals surface area contributed by atoms with E-state index in [9.17, 15) is 19.7 Å². The van der Waals surface area contributed by atoms with E-state index in [0.29, 0.717) is 42.9 Å². The molecule has 10 heteroatoms. The molecule has 0 saturated carbocycles. The fraction of sp³-hybridized carbons (Fsp3) is 0.235. The van der Waals surface area contributed by atoms with Gasteiger partial charge in [0.1, 0.15) is 5.75 Å². The number of carbonyl (C=O) groups excluding carboxylic acids is 2. The second-order valence-electron chi connectivity index (χ2n) is 10.6. The normalized spacial score (nSPS) is 12.9. The van der Waals surface area contributed by atoms with Crippen molar-refractivity contribution in [2.24, 2.45) is 0 Å². The van der Waals surface area contributed by atoms with Gasteiger partial charge in [0.05, 0.1) is 23.3 Å². The monoisotopic (exact) mass is 593 g/mol. The van der Waals surface area contributed by atoms with Crippen LogP contribution in [0.3, 0.4) is 0 Å². The van der Waals surface area contributed by atoms with Crippen molar-refractivity contribution in [2.45, 2.75) is 13.3 Å². The van der Waals surface area contributed by atoms with E-state index in [0.717, 1.165) is 35.8 Å². The second kappa shape index (κ2) is 13.7. The van der Waals surface area contributed by atoms with Gasteiger partial charge < -0.3 is 25.2 Å². The molecule has 1 saturated heterocycles. The van der Waals surface area contributed by atoms with Gasteiger partial charge in [-0.25, -0.2) is 0 Å². The summed E-state index contributed by atoms with van der Waals surface area (Å²) >= 11 is 0. The molecule has 0 aromatic heterocycles. The molecule has 1 aliphatic heterocycles. The lowest BCUT2D eigenvalue weighted by molar-refractivity contribution is -0.385. The van der Waals surface area contributed by atoms with E-state index in [1.165, 1.54) is 6.07 Å². The molecule has 0 unspecified atom stereocenters. The predicted octanol–water partition coefficient (Wildman–Crippen LogP) is 5.46. The standard InChI is InChI=1S/C34H35N5O5/c1-24-12-13-26(22-31(24)39(42)43)33(40)36-27-14-15-29(28(23-27)34(41)35-17-16-25-8-4-3-5-9-25)37-18-20-38(21-19-37)30-10-6-7-11-32(30)44-2/h3-15,22-23H,16-21H2,1-2H3,(H,35,41)(H,36,40). The molecule has 4 aromatic carbocycles. The molecule has 4 aromatic rings. The third-order valence-corrected chi connectivity index (χ3v) is 7.76. The molecule has 0 spiro atoms. The quantitative estimate of drug-likeness (QED) is 0.185. The van der Waals surface area contributed by atoms with Crippen molar-refractivity contribution in [3.63, 3.8) is 0 Å². The molecule has 0 bridgehead atoms. The number of anilines is 3. The van der Waals surface area contributed by atoms with Crippen LogP contribution in [0.1, 0.15) is 31.8 Å². The number of amides is 2. The number of nitrogens with zero attached hydrogens (tertiary/aromatic N) is 3. The molecule has 5 rings (SSSR count). The fourth-order valence-corrected chi connectivity index (χ4v) is 5.36. The van der Waals surface area contributed by atoms with E-state index < -0.39 is 10.8 Å². The lowest BCUT2D eigenvalue weighted by Crippen LogP contribution is -2.47. The minimum Gasteiger partial charge on any atom is -0.495 e. The van der Waals surface area contributed by atoms with E-state index in [1.54, 1.807) is 38.3 Å². The molecule has 1 fully saturated rings. The Labute approximate surface area is 256 Å². The Morgan fingerprint density at radius 1 is 0.841 bits per heavy atom. The van der Waals surface area contributed by atoms with Crippen LogP contribution >= 0.6 is 0 Å². The summed E-state index contributed by atoms with van der Waals surface area (Å²) in [5, 5.41) is 17.2. The van der Waals surface area contributed by atoms with E-state index in [1.807, 2.05) is 60.7 Å². The largest absolute Gasteiger partial charge is 0.495 e. The Kier molecular flexibility index (Phi) is 9.39. The zero-order valence-electron chi connectivity index (χ0n) is 24.8. The van der Waals surface area contributed by atoms with Crippen LogP contribution in [0.5, 0.6) is 5.75 Å². The summed E-state index contributed by atoms with van der Waals surface area (Å²) in [6.07, 6.45) is 0.683. The van der Waals surface area contributed by atoms with Crippen molar-refractivity contribution >= 4 is 34.6 Å². The zero-order valence-corrected chi connectivity index (χ0v) is 24.8. The van der Waals surface area contributed by atoms with Crippen molar-refractivity contribution < 1.29 is 19.2 Å². The first-order valence-corrected chi connectivity index (χ1v) is 14.5. The number of para-hydroxylation sites is 2. The number of carbonyl (C=O) groups is 2. The summed E-state index contributed by atoms with van der Waals surface area (Å²) in [5.74, 6) is 0.0744. The zero-order chi connectivity index (χ0) is 31.1. The van der Waals surface area contributed by atoms with Crippen LogP contribution in [0.4, 0.5) is 22.7 Å². The van der Waals surface area contributed by atoms with Gasteiger partial charge >= 0.3 is 0 Å². The summed E-state index contributed by atoms with van der Waals surface area (Å²) in [4.78, 5) is 42.0. The average Bonchev–Trinajstić information content (AvgIpc) is 3.05. The van der Waals surface area contributed by atoms with E-state index in [4.69, 9.17) is 4.74 Å². The highest BCUT2D eigenvalue weighted by atomic mass is 16.6. The highest BCUT2D eigenvalue weighted by Crippen LogP contribution is 2.31. The van der Waals surface area contributed by atoms with Gasteiger partial charge in [0.2, 0.25) is 0 Å². The Morgan fingerprint density at radius 3 is 2.23 bits per heavy atom. The first-order valence-electron chi connectivity index (χ1n) is 14.5. The van der Waals surface area contributed by atoms with Gasteiger partial charge in [0.15, 0.2) is 0 Å². The molecule has 2 N–H and O–H groups in total. The van der Waals surface area contributed by atoms with Crippen LogP contribution in [0.25, 0.3) is 0 Å². The second-order valence-corrected chi connectivity index (χ2v) is 10.6. The van der Waals surface area contributed by atoms with Crippen LogP contribution in [-0.2, 0) is 6.42 Å². The van der Waals surface area contributed by atoms with Gasteiger partial charge in [-0.1, -0.05) is 48.5 Å². The van der Waals surface area contributed by atoms with Crippen molar-refractivity contribution in [1.82, 2.24) is 5.32 Å². The number of rotatable bonds is 10. The molecule has 1 heterocycles. The highest BCUT2D eigenvalue weighted by molar-refractivity contribution is 6.06. The summed E-state index contributed by atoms with van der Waals surface area (Å²) in [7, 11) is 1.66. The van der Waals surface area contributed by atoms with Gasteiger partial charge in [-0.2, -0.15) is 0 Å². The summed E-state index contributed by atoms with van der Waals surface area (Å²) in [5.41, 5.74) is 4.28. The van der Waals surface area contributed by atoms with Crippen molar-refractivity contribution in [1.29, 1.82) is 0 Å². The molecule has 1 aliphatic rings. The first kappa shape index (κ1) is 30.1. The van der Waals surface area contributed by atoms with Crippen LogP contribution < -0.4 is 25.2 Å². The van der Waals surface area contributed by atoms with Crippen LogP contribution in [0.15, 0.2) is 91.0 Å². The summed E-state index contributed by atoms with van der Waals surface area (Å²) in [6, 6.07) is 27.5. The van der Waals surface area contributed by atoms with Gasteiger partial charge in [0, 0.05) is 61.3 Å².